The average Bonchev–Trinajstić information content (AvgIpc) is 3.26. The third-order valence-electron chi connectivity index (χ3n) is 5.72. The van der Waals surface area contributed by atoms with E-state index in [1.165, 1.54) is 0 Å². The quantitative estimate of drug-likeness (QED) is 0.359. The summed E-state index contributed by atoms with van der Waals surface area (Å²) < 4.78 is 8.05. The van der Waals surface area contributed by atoms with Crippen molar-refractivity contribution >= 4 is 33.9 Å². The predicted molar refractivity (Wildman–Crippen MR) is 130 cm³/mol. The standard InChI is InChI=1S/C25H19ClN6O2/c1-13-9-16(15(3)30-19-5-6-21(26)31-20(19)11-27)24-17(10-13)22(33)14(2)23(34-24)18-12-29-32-8-4-7-28-25(18)32/h4-10,12,15,30H,1-3H3. The number of nitrogens with zero attached hydrogens (tertiary/aromatic N) is 5. The number of hydrogen-bond acceptors (Lipinski definition) is 7. The van der Waals surface area contributed by atoms with Crippen LogP contribution in [0, 0.1) is 25.2 Å². The highest BCUT2D eigenvalue weighted by Crippen LogP contribution is 2.33. The molecule has 0 amide bonds. The van der Waals surface area contributed by atoms with Crippen LogP contribution in [0.3, 0.4) is 0 Å². The van der Waals surface area contributed by atoms with Crippen molar-refractivity contribution in [2.24, 2.45) is 0 Å². The summed E-state index contributed by atoms with van der Waals surface area (Å²) in [6, 6.07) is 10.6. The Morgan fingerprint density at radius 3 is 2.88 bits per heavy atom. The van der Waals surface area contributed by atoms with Crippen molar-refractivity contribution in [1.29, 1.82) is 5.26 Å². The van der Waals surface area contributed by atoms with Crippen LogP contribution in [0.2, 0.25) is 5.15 Å². The Labute approximate surface area is 199 Å². The number of rotatable bonds is 4. The van der Waals surface area contributed by atoms with Gasteiger partial charge in [-0.15, -0.1) is 0 Å². The zero-order chi connectivity index (χ0) is 24.0. The second-order valence-electron chi connectivity index (χ2n) is 8.07. The lowest BCUT2D eigenvalue weighted by molar-refractivity contribution is 0.606. The molecule has 1 N–H and O–H groups in total. The van der Waals surface area contributed by atoms with Crippen LogP contribution >= 0.6 is 11.6 Å². The van der Waals surface area contributed by atoms with Gasteiger partial charge in [-0.1, -0.05) is 17.7 Å². The molecule has 0 spiro atoms. The summed E-state index contributed by atoms with van der Waals surface area (Å²) in [5.74, 6) is 0.425. The van der Waals surface area contributed by atoms with Gasteiger partial charge in [0, 0.05) is 23.5 Å². The Bertz CT molecular complexity index is 1680. The van der Waals surface area contributed by atoms with Crippen LogP contribution in [0.15, 0.2) is 58.1 Å². The van der Waals surface area contributed by atoms with Gasteiger partial charge in [-0.25, -0.2) is 14.5 Å². The molecule has 4 heterocycles. The largest absolute Gasteiger partial charge is 0.455 e. The van der Waals surface area contributed by atoms with Crippen molar-refractivity contribution < 1.29 is 4.42 Å². The summed E-state index contributed by atoms with van der Waals surface area (Å²) in [5.41, 5.74) is 4.49. The Morgan fingerprint density at radius 1 is 1.26 bits per heavy atom. The van der Waals surface area contributed by atoms with Crippen LogP contribution < -0.4 is 10.7 Å². The molecule has 1 aromatic carbocycles. The molecule has 0 fully saturated rings. The fourth-order valence-electron chi connectivity index (χ4n) is 4.08. The first-order valence-corrected chi connectivity index (χ1v) is 10.9. The number of hydrogen-bond donors (Lipinski definition) is 1. The van der Waals surface area contributed by atoms with Gasteiger partial charge in [-0.2, -0.15) is 10.4 Å². The first-order valence-electron chi connectivity index (χ1n) is 10.6. The molecule has 8 nitrogen and oxygen atoms in total. The van der Waals surface area contributed by atoms with Crippen molar-refractivity contribution in [3.8, 4) is 17.4 Å². The van der Waals surface area contributed by atoms with E-state index in [-0.39, 0.29) is 22.3 Å². The zero-order valence-corrected chi connectivity index (χ0v) is 19.4. The lowest BCUT2D eigenvalue weighted by Gasteiger charge is -2.19. The molecule has 1 unspecified atom stereocenters. The molecular formula is C25H19ClN6O2. The molecule has 5 rings (SSSR count). The summed E-state index contributed by atoms with van der Waals surface area (Å²) in [4.78, 5) is 21.9. The predicted octanol–water partition coefficient (Wildman–Crippen LogP) is 5.21. The maximum absolute atomic E-state index is 13.4. The zero-order valence-electron chi connectivity index (χ0n) is 18.6. The third-order valence-corrected chi connectivity index (χ3v) is 5.93. The van der Waals surface area contributed by atoms with Crippen LogP contribution in [-0.4, -0.2) is 19.6 Å². The van der Waals surface area contributed by atoms with E-state index in [9.17, 15) is 10.1 Å². The van der Waals surface area contributed by atoms with Crippen molar-refractivity contribution in [2.45, 2.75) is 26.8 Å². The van der Waals surface area contributed by atoms with Gasteiger partial charge in [0.2, 0.25) is 0 Å². The van der Waals surface area contributed by atoms with Crippen LogP contribution in [0.4, 0.5) is 5.69 Å². The summed E-state index contributed by atoms with van der Waals surface area (Å²) in [6.45, 7) is 5.60. The molecule has 0 aliphatic carbocycles. The fourth-order valence-corrected chi connectivity index (χ4v) is 4.23. The van der Waals surface area contributed by atoms with Gasteiger partial charge in [0.05, 0.1) is 28.9 Å². The topological polar surface area (TPSA) is 109 Å². The highest BCUT2D eigenvalue weighted by molar-refractivity contribution is 6.29. The van der Waals surface area contributed by atoms with Gasteiger partial charge < -0.3 is 9.73 Å². The first-order chi connectivity index (χ1) is 16.4. The van der Waals surface area contributed by atoms with Crippen molar-refractivity contribution in [2.75, 3.05) is 5.32 Å². The number of fused-ring (bicyclic) bond motifs is 2. The molecular weight excluding hydrogens is 452 g/mol. The van der Waals surface area contributed by atoms with Crippen LogP contribution in [-0.2, 0) is 0 Å². The molecule has 4 aromatic heterocycles. The van der Waals surface area contributed by atoms with Crippen molar-refractivity contribution in [3.63, 3.8) is 0 Å². The number of anilines is 1. The minimum Gasteiger partial charge on any atom is -0.455 e. The van der Waals surface area contributed by atoms with Gasteiger partial charge in [0.1, 0.15) is 22.6 Å². The van der Waals surface area contributed by atoms with E-state index in [1.54, 1.807) is 48.2 Å². The van der Waals surface area contributed by atoms with Gasteiger partial charge >= 0.3 is 0 Å². The Morgan fingerprint density at radius 2 is 2.09 bits per heavy atom. The number of aryl methyl sites for hydroxylation is 1. The third kappa shape index (κ3) is 3.56. The van der Waals surface area contributed by atoms with Crippen LogP contribution in [0.25, 0.3) is 27.9 Å². The molecule has 0 saturated carbocycles. The molecule has 0 saturated heterocycles. The monoisotopic (exact) mass is 470 g/mol. The summed E-state index contributed by atoms with van der Waals surface area (Å²) in [6.07, 6.45) is 5.10. The van der Waals surface area contributed by atoms with E-state index in [0.717, 1.165) is 11.1 Å². The van der Waals surface area contributed by atoms with Gasteiger partial charge in [0.25, 0.3) is 0 Å². The van der Waals surface area contributed by atoms with Gasteiger partial charge in [0.15, 0.2) is 16.8 Å². The normalized spacial score (nSPS) is 12.1. The van der Waals surface area contributed by atoms with Crippen LogP contribution in [0.5, 0.6) is 0 Å². The average molecular weight is 471 g/mol. The van der Waals surface area contributed by atoms with Crippen LogP contribution in [0.1, 0.15) is 35.3 Å². The maximum Gasteiger partial charge on any atom is 0.196 e. The molecule has 5 aromatic rings. The molecule has 168 valence electrons. The molecule has 0 bridgehead atoms. The number of halogens is 1. The Kier molecular flexibility index (Phi) is 5.27. The highest BCUT2D eigenvalue weighted by Gasteiger charge is 2.21. The minimum absolute atomic E-state index is 0.116. The molecule has 0 radical (unpaired) electrons. The minimum atomic E-state index is -0.307. The maximum atomic E-state index is 13.4. The highest BCUT2D eigenvalue weighted by atomic mass is 35.5. The van der Waals surface area contributed by atoms with Gasteiger partial charge in [-0.3, -0.25) is 4.79 Å². The van der Waals surface area contributed by atoms with E-state index in [1.807, 2.05) is 26.0 Å². The SMILES string of the molecule is Cc1cc(C(C)Nc2ccc(Cl)nc2C#N)c2oc(-c3cnn4cccnc34)c(C)c(=O)c2c1. The van der Waals surface area contributed by atoms with Gasteiger partial charge in [-0.05, 0) is 50.6 Å². The summed E-state index contributed by atoms with van der Waals surface area (Å²) >= 11 is 5.94. The molecule has 34 heavy (non-hydrogen) atoms. The lowest BCUT2D eigenvalue weighted by atomic mass is 9.99. The fraction of sp³-hybridized carbons (Fsp3) is 0.160. The molecule has 1 atom stereocenters. The molecule has 0 aliphatic heterocycles. The lowest BCUT2D eigenvalue weighted by Crippen LogP contribution is -2.13. The summed E-state index contributed by atoms with van der Waals surface area (Å²) in [5, 5.41) is 17.8. The number of pyridine rings is 1. The number of benzene rings is 1. The number of nitrogens with one attached hydrogen (secondary N) is 1. The second kappa shape index (κ2) is 8.28. The Balaban J connectivity index is 1.70. The number of aromatic nitrogens is 4. The van der Waals surface area contributed by atoms with Crippen molar-refractivity contribution in [1.82, 2.24) is 19.6 Å². The Hall–Kier alpha value is -4.22. The van der Waals surface area contributed by atoms with E-state index in [2.05, 4.69) is 26.5 Å². The van der Waals surface area contributed by atoms with E-state index in [0.29, 0.717) is 39.2 Å². The van der Waals surface area contributed by atoms with E-state index < -0.39 is 0 Å². The first kappa shape index (κ1) is 21.6. The second-order valence-corrected chi connectivity index (χ2v) is 8.46. The summed E-state index contributed by atoms with van der Waals surface area (Å²) in [7, 11) is 0. The smallest absolute Gasteiger partial charge is 0.196 e. The molecule has 0 aliphatic rings. The van der Waals surface area contributed by atoms with E-state index >= 15 is 0 Å². The molecule has 9 heteroatoms. The number of nitriles is 1. The van der Waals surface area contributed by atoms with E-state index in [4.69, 9.17) is 16.0 Å². The van der Waals surface area contributed by atoms with Crippen molar-refractivity contribution in [3.05, 3.63) is 86.7 Å².